The SMILES string of the molecule is S=C(SCc1cc(Cl)nc(Cl)c1)N1CCCC1. The molecule has 6 heteroatoms. The molecular weight excluding hydrogens is 295 g/mol. The zero-order valence-electron chi connectivity index (χ0n) is 9.16. The first kappa shape index (κ1) is 13.4. The monoisotopic (exact) mass is 306 g/mol. The Morgan fingerprint density at radius 1 is 1.29 bits per heavy atom. The van der Waals surface area contributed by atoms with Gasteiger partial charge in [-0.25, -0.2) is 4.98 Å². The maximum absolute atomic E-state index is 5.84. The highest BCUT2D eigenvalue weighted by molar-refractivity contribution is 8.22. The van der Waals surface area contributed by atoms with Crippen molar-refractivity contribution in [3.63, 3.8) is 0 Å². The Morgan fingerprint density at radius 2 is 1.88 bits per heavy atom. The molecule has 92 valence electrons. The smallest absolute Gasteiger partial charge is 0.136 e. The molecule has 2 heterocycles. The number of pyridine rings is 1. The highest BCUT2D eigenvalue weighted by Crippen LogP contribution is 2.22. The van der Waals surface area contributed by atoms with E-state index in [0.29, 0.717) is 10.3 Å². The molecule has 1 aliphatic rings. The van der Waals surface area contributed by atoms with Gasteiger partial charge >= 0.3 is 0 Å². The number of thioether (sulfide) groups is 1. The minimum absolute atomic E-state index is 0.431. The Labute approximate surface area is 121 Å². The maximum Gasteiger partial charge on any atom is 0.136 e. The summed E-state index contributed by atoms with van der Waals surface area (Å²) in [7, 11) is 0. The van der Waals surface area contributed by atoms with Crippen LogP contribution in [-0.4, -0.2) is 27.3 Å². The Bertz CT molecular complexity index is 400. The van der Waals surface area contributed by atoms with Crippen LogP contribution in [0.15, 0.2) is 12.1 Å². The third-order valence-electron chi connectivity index (χ3n) is 2.55. The molecule has 0 aliphatic carbocycles. The van der Waals surface area contributed by atoms with Crippen molar-refractivity contribution in [2.24, 2.45) is 0 Å². The number of aromatic nitrogens is 1. The second-order valence-electron chi connectivity index (χ2n) is 3.87. The van der Waals surface area contributed by atoms with Crippen LogP contribution in [0, 0.1) is 0 Å². The van der Waals surface area contributed by atoms with E-state index in [0.717, 1.165) is 28.7 Å². The molecule has 0 spiro atoms. The van der Waals surface area contributed by atoms with Gasteiger partial charge in [-0.2, -0.15) is 0 Å². The van der Waals surface area contributed by atoms with Crippen LogP contribution in [0.1, 0.15) is 18.4 Å². The summed E-state index contributed by atoms with van der Waals surface area (Å²) in [6.45, 7) is 2.17. The molecular formula is C11H12Cl2N2S2. The Kier molecular flexibility index (Phi) is 4.91. The predicted octanol–water partition coefficient (Wildman–Crippen LogP) is 4.00. The predicted molar refractivity (Wildman–Crippen MR) is 79.0 cm³/mol. The van der Waals surface area contributed by atoms with Gasteiger partial charge in [-0.15, -0.1) is 0 Å². The first-order valence-corrected chi connectivity index (χ1v) is 7.54. The Morgan fingerprint density at radius 3 is 2.47 bits per heavy atom. The van der Waals surface area contributed by atoms with Gasteiger partial charge in [-0.05, 0) is 30.5 Å². The summed E-state index contributed by atoms with van der Waals surface area (Å²) in [4.78, 5) is 6.17. The maximum atomic E-state index is 5.84. The second-order valence-corrected chi connectivity index (χ2v) is 6.25. The van der Waals surface area contributed by atoms with Crippen LogP contribution in [-0.2, 0) is 5.75 Å². The number of hydrogen-bond acceptors (Lipinski definition) is 3. The quantitative estimate of drug-likeness (QED) is 0.606. The van der Waals surface area contributed by atoms with Crippen molar-refractivity contribution >= 4 is 51.5 Å². The number of halogens is 2. The van der Waals surface area contributed by atoms with Gasteiger partial charge in [0.25, 0.3) is 0 Å². The van der Waals surface area contributed by atoms with Crippen LogP contribution < -0.4 is 0 Å². The van der Waals surface area contributed by atoms with Gasteiger partial charge < -0.3 is 4.90 Å². The highest BCUT2D eigenvalue weighted by atomic mass is 35.5. The number of nitrogens with zero attached hydrogens (tertiary/aromatic N) is 2. The van der Waals surface area contributed by atoms with Crippen LogP contribution in [0.5, 0.6) is 0 Å². The van der Waals surface area contributed by atoms with E-state index in [1.807, 2.05) is 12.1 Å². The fourth-order valence-corrected chi connectivity index (χ4v) is 3.42. The third kappa shape index (κ3) is 3.98. The molecule has 2 nitrogen and oxygen atoms in total. The summed E-state index contributed by atoms with van der Waals surface area (Å²) in [6, 6.07) is 3.65. The fraction of sp³-hybridized carbons (Fsp3) is 0.455. The van der Waals surface area contributed by atoms with E-state index >= 15 is 0 Å². The molecule has 0 N–H and O–H groups in total. The number of rotatable bonds is 2. The van der Waals surface area contributed by atoms with Gasteiger partial charge in [0.2, 0.25) is 0 Å². The molecule has 0 unspecified atom stereocenters. The summed E-state index contributed by atoms with van der Waals surface area (Å²) in [5.41, 5.74) is 1.06. The summed E-state index contributed by atoms with van der Waals surface area (Å²) in [5, 5.41) is 0.861. The lowest BCUT2D eigenvalue weighted by atomic mass is 10.3. The van der Waals surface area contributed by atoms with Gasteiger partial charge in [0.15, 0.2) is 0 Å². The zero-order chi connectivity index (χ0) is 12.3. The molecule has 0 aromatic carbocycles. The standard InChI is InChI=1S/C11H12Cl2N2S2/c12-9-5-8(6-10(13)14-9)7-17-11(16)15-3-1-2-4-15/h5-6H,1-4,7H2. The van der Waals surface area contributed by atoms with Crippen molar-refractivity contribution in [3.8, 4) is 0 Å². The lowest BCUT2D eigenvalue weighted by Gasteiger charge is -2.17. The third-order valence-corrected chi connectivity index (χ3v) is 4.53. The molecule has 1 aliphatic heterocycles. The zero-order valence-corrected chi connectivity index (χ0v) is 12.3. The molecule has 0 amide bonds. The minimum atomic E-state index is 0.431. The molecule has 0 bridgehead atoms. The van der Waals surface area contributed by atoms with Gasteiger partial charge in [0.05, 0.1) is 0 Å². The molecule has 2 rings (SSSR count). The van der Waals surface area contributed by atoms with Gasteiger partial charge in [-0.3, -0.25) is 0 Å². The van der Waals surface area contributed by atoms with Crippen LogP contribution in [0.3, 0.4) is 0 Å². The Hall–Kier alpha value is -0.0300. The number of likely N-dealkylation sites (tertiary alicyclic amines) is 1. The highest BCUT2D eigenvalue weighted by Gasteiger charge is 2.15. The summed E-state index contributed by atoms with van der Waals surface area (Å²) < 4.78 is 0.964. The van der Waals surface area contributed by atoms with Crippen LogP contribution >= 0.6 is 47.2 Å². The molecule has 0 saturated carbocycles. The number of hydrogen-bond donors (Lipinski definition) is 0. The summed E-state index contributed by atoms with van der Waals surface area (Å²) >= 11 is 18.7. The first-order chi connectivity index (χ1) is 8.15. The molecule has 1 aromatic heterocycles. The normalized spacial score (nSPS) is 15.3. The molecule has 17 heavy (non-hydrogen) atoms. The molecule has 1 fully saturated rings. The molecule has 1 aromatic rings. The van der Waals surface area contributed by atoms with Crippen molar-refractivity contribution in [2.45, 2.75) is 18.6 Å². The van der Waals surface area contributed by atoms with Crippen molar-refractivity contribution in [2.75, 3.05) is 13.1 Å². The summed E-state index contributed by atoms with van der Waals surface area (Å²) in [5.74, 6) is 0.789. The van der Waals surface area contributed by atoms with Crippen LogP contribution in [0.4, 0.5) is 0 Å². The second kappa shape index (κ2) is 6.23. The van der Waals surface area contributed by atoms with E-state index in [1.165, 1.54) is 12.8 Å². The van der Waals surface area contributed by atoms with Gasteiger partial charge in [0.1, 0.15) is 14.6 Å². The van der Waals surface area contributed by atoms with Crippen molar-refractivity contribution in [1.82, 2.24) is 9.88 Å². The van der Waals surface area contributed by atoms with Crippen molar-refractivity contribution < 1.29 is 0 Å². The van der Waals surface area contributed by atoms with Gasteiger partial charge in [0, 0.05) is 18.8 Å². The lowest BCUT2D eigenvalue weighted by molar-refractivity contribution is 0.539. The van der Waals surface area contributed by atoms with Crippen molar-refractivity contribution in [1.29, 1.82) is 0 Å². The average Bonchev–Trinajstić information content (AvgIpc) is 2.78. The minimum Gasteiger partial charge on any atom is -0.358 e. The first-order valence-electron chi connectivity index (χ1n) is 5.39. The number of thiocarbonyl (C=S) groups is 1. The topological polar surface area (TPSA) is 16.1 Å². The largest absolute Gasteiger partial charge is 0.358 e. The summed E-state index contributed by atoms with van der Waals surface area (Å²) in [6.07, 6.45) is 2.49. The fourth-order valence-electron chi connectivity index (χ4n) is 1.73. The van der Waals surface area contributed by atoms with Crippen LogP contribution in [0.25, 0.3) is 0 Å². The average molecular weight is 307 g/mol. The van der Waals surface area contributed by atoms with E-state index < -0.39 is 0 Å². The molecule has 0 radical (unpaired) electrons. The van der Waals surface area contributed by atoms with E-state index in [9.17, 15) is 0 Å². The van der Waals surface area contributed by atoms with E-state index in [2.05, 4.69) is 9.88 Å². The van der Waals surface area contributed by atoms with E-state index in [1.54, 1.807) is 11.8 Å². The van der Waals surface area contributed by atoms with Crippen molar-refractivity contribution in [3.05, 3.63) is 28.0 Å². The Balaban J connectivity index is 1.90. The molecule has 0 atom stereocenters. The van der Waals surface area contributed by atoms with E-state index in [-0.39, 0.29) is 0 Å². The van der Waals surface area contributed by atoms with Gasteiger partial charge in [-0.1, -0.05) is 47.2 Å². The van der Waals surface area contributed by atoms with E-state index in [4.69, 9.17) is 35.4 Å². The lowest BCUT2D eigenvalue weighted by Crippen LogP contribution is -2.23. The van der Waals surface area contributed by atoms with Crippen LogP contribution in [0.2, 0.25) is 10.3 Å². The molecule has 1 saturated heterocycles.